The van der Waals surface area contributed by atoms with Crippen molar-refractivity contribution in [3.63, 3.8) is 0 Å². The zero-order valence-corrected chi connectivity index (χ0v) is 16.1. The summed E-state index contributed by atoms with van der Waals surface area (Å²) in [6.07, 6.45) is -2.20. The maximum atomic E-state index is 13.6. The topological polar surface area (TPSA) is 65.1 Å². The number of pyridine rings is 1. The highest BCUT2D eigenvalue weighted by Crippen LogP contribution is 2.32. The molecule has 0 spiro atoms. The Bertz CT molecular complexity index is 1290. The van der Waals surface area contributed by atoms with Crippen LogP contribution in [-0.4, -0.2) is 24.1 Å². The summed E-state index contributed by atoms with van der Waals surface area (Å²) in [5.74, 6) is -0.561. The van der Waals surface area contributed by atoms with Gasteiger partial charge in [0, 0.05) is 28.8 Å². The lowest BCUT2D eigenvalue weighted by Crippen LogP contribution is -2.19. The Morgan fingerprint density at radius 1 is 1.21 bits per heavy atom. The summed E-state index contributed by atoms with van der Waals surface area (Å²) in [6.45, 7) is 1.34. The summed E-state index contributed by atoms with van der Waals surface area (Å²) in [4.78, 5) is 21.7. The van der Waals surface area contributed by atoms with E-state index in [1.54, 1.807) is 6.92 Å². The van der Waals surface area contributed by atoms with Crippen LogP contribution in [0.25, 0.3) is 16.2 Å². The molecule has 150 valence electrons. The third-order valence-corrected chi connectivity index (χ3v) is 5.21. The van der Waals surface area contributed by atoms with Gasteiger partial charge in [-0.1, -0.05) is 11.6 Å². The molecule has 0 aliphatic rings. The van der Waals surface area contributed by atoms with Crippen LogP contribution in [0.15, 0.2) is 35.4 Å². The summed E-state index contributed by atoms with van der Waals surface area (Å²) in [7, 11) is 0. The molecule has 0 saturated carbocycles. The van der Waals surface area contributed by atoms with E-state index in [1.807, 2.05) is 0 Å². The molecule has 0 saturated heterocycles. The molecule has 0 aliphatic heterocycles. The number of aryl methyl sites for hydroxylation is 1. The van der Waals surface area contributed by atoms with Crippen LogP contribution in [0.2, 0.25) is 5.15 Å². The SMILES string of the molecule is Cc1sc2nc(Cn3nc(Cl)cc3C(F)(F)F)cc(=O)n2c1-c1cncc(F)c1. The first kappa shape index (κ1) is 19.5. The number of fused-ring (bicyclic) bond motifs is 1. The van der Waals surface area contributed by atoms with Crippen molar-refractivity contribution in [1.29, 1.82) is 0 Å². The van der Waals surface area contributed by atoms with Gasteiger partial charge in [0.1, 0.15) is 11.5 Å². The van der Waals surface area contributed by atoms with E-state index in [4.69, 9.17) is 11.6 Å². The van der Waals surface area contributed by atoms with E-state index < -0.39 is 23.2 Å². The molecule has 0 radical (unpaired) electrons. The van der Waals surface area contributed by atoms with Gasteiger partial charge in [-0.05, 0) is 13.0 Å². The first-order valence-electron chi connectivity index (χ1n) is 8.07. The van der Waals surface area contributed by atoms with E-state index in [-0.39, 0.29) is 22.4 Å². The van der Waals surface area contributed by atoms with E-state index in [2.05, 4.69) is 15.1 Å². The zero-order chi connectivity index (χ0) is 20.9. The standard InChI is InChI=1S/C17H10ClF4N5OS/c1-8-15(9-2-10(19)6-23-5-9)27-14(28)3-11(24-16(27)29-8)7-26-12(17(20,21)22)4-13(18)25-26/h2-6H,7H2,1H3. The molecular weight excluding hydrogens is 434 g/mol. The molecule has 0 bridgehead atoms. The molecule has 4 rings (SSSR count). The molecule has 29 heavy (non-hydrogen) atoms. The second kappa shape index (κ2) is 6.92. The highest BCUT2D eigenvalue weighted by molar-refractivity contribution is 7.17. The third-order valence-electron chi connectivity index (χ3n) is 4.07. The minimum absolute atomic E-state index is 0.0884. The molecule has 4 heterocycles. The summed E-state index contributed by atoms with van der Waals surface area (Å²) >= 11 is 6.77. The highest BCUT2D eigenvalue weighted by Gasteiger charge is 2.35. The van der Waals surface area contributed by atoms with Gasteiger partial charge >= 0.3 is 6.18 Å². The number of aromatic nitrogens is 5. The Labute approximate surface area is 169 Å². The van der Waals surface area contributed by atoms with Crippen LogP contribution in [0.3, 0.4) is 0 Å². The van der Waals surface area contributed by atoms with Crippen LogP contribution >= 0.6 is 22.9 Å². The second-order valence-corrected chi connectivity index (χ2v) is 7.68. The van der Waals surface area contributed by atoms with Crippen LogP contribution in [-0.2, 0) is 12.7 Å². The van der Waals surface area contributed by atoms with Gasteiger partial charge < -0.3 is 0 Å². The van der Waals surface area contributed by atoms with Crippen molar-refractivity contribution < 1.29 is 17.6 Å². The number of rotatable bonds is 3. The Hall–Kier alpha value is -2.79. The van der Waals surface area contributed by atoms with Crippen molar-refractivity contribution in [1.82, 2.24) is 24.1 Å². The summed E-state index contributed by atoms with van der Waals surface area (Å²) in [6, 6.07) is 3.06. The second-order valence-electron chi connectivity index (χ2n) is 6.11. The molecule has 0 atom stereocenters. The predicted octanol–water partition coefficient (Wildman–Crippen LogP) is 4.18. The van der Waals surface area contributed by atoms with Gasteiger partial charge in [-0.15, -0.1) is 11.3 Å². The van der Waals surface area contributed by atoms with Gasteiger partial charge in [0.25, 0.3) is 5.56 Å². The van der Waals surface area contributed by atoms with Gasteiger partial charge in [0.15, 0.2) is 10.1 Å². The first-order chi connectivity index (χ1) is 13.6. The molecule has 0 N–H and O–H groups in total. The largest absolute Gasteiger partial charge is 0.433 e. The Balaban J connectivity index is 1.82. The average molecular weight is 444 g/mol. The van der Waals surface area contributed by atoms with E-state index in [1.165, 1.54) is 16.7 Å². The molecule has 0 unspecified atom stereocenters. The molecule has 12 heteroatoms. The van der Waals surface area contributed by atoms with Gasteiger partial charge in [-0.2, -0.15) is 18.3 Å². The fourth-order valence-electron chi connectivity index (χ4n) is 2.97. The smallest absolute Gasteiger partial charge is 0.269 e. The summed E-state index contributed by atoms with van der Waals surface area (Å²) in [5.41, 5.74) is -0.646. The fraction of sp³-hybridized carbons (Fsp3) is 0.176. The Morgan fingerprint density at radius 2 is 1.97 bits per heavy atom. The lowest BCUT2D eigenvalue weighted by atomic mass is 10.2. The van der Waals surface area contributed by atoms with Crippen molar-refractivity contribution in [3.05, 3.63) is 68.2 Å². The van der Waals surface area contributed by atoms with Crippen molar-refractivity contribution in [2.45, 2.75) is 19.6 Å². The maximum absolute atomic E-state index is 13.6. The monoisotopic (exact) mass is 443 g/mol. The van der Waals surface area contributed by atoms with Crippen LogP contribution in [0.4, 0.5) is 17.6 Å². The molecule has 0 fully saturated rings. The van der Waals surface area contributed by atoms with Crippen LogP contribution < -0.4 is 5.56 Å². The minimum atomic E-state index is -4.66. The lowest BCUT2D eigenvalue weighted by Gasteiger charge is -2.10. The van der Waals surface area contributed by atoms with Crippen molar-refractivity contribution in [3.8, 4) is 11.3 Å². The number of alkyl halides is 3. The Morgan fingerprint density at radius 3 is 2.66 bits per heavy atom. The van der Waals surface area contributed by atoms with Crippen LogP contribution in [0.1, 0.15) is 16.3 Å². The molecule has 4 aromatic rings. The number of hydrogen-bond acceptors (Lipinski definition) is 5. The van der Waals surface area contributed by atoms with Gasteiger partial charge in [-0.3, -0.25) is 18.9 Å². The maximum Gasteiger partial charge on any atom is 0.433 e. The normalized spacial score (nSPS) is 12.1. The van der Waals surface area contributed by atoms with E-state index >= 15 is 0 Å². The number of nitrogens with zero attached hydrogens (tertiary/aromatic N) is 5. The molecule has 6 nitrogen and oxygen atoms in total. The van der Waals surface area contributed by atoms with Crippen LogP contribution in [0.5, 0.6) is 0 Å². The van der Waals surface area contributed by atoms with E-state index in [0.29, 0.717) is 26.9 Å². The number of thiazole rings is 1. The third kappa shape index (κ3) is 3.62. The van der Waals surface area contributed by atoms with Gasteiger partial charge in [-0.25, -0.2) is 9.37 Å². The fourth-order valence-corrected chi connectivity index (χ4v) is 4.18. The Kier molecular flexibility index (Phi) is 4.66. The summed E-state index contributed by atoms with van der Waals surface area (Å²) < 4.78 is 54.9. The minimum Gasteiger partial charge on any atom is -0.269 e. The molecule has 4 aromatic heterocycles. The molecule has 0 aromatic carbocycles. The van der Waals surface area contributed by atoms with E-state index in [0.717, 1.165) is 23.6 Å². The van der Waals surface area contributed by atoms with Gasteiger partial charge in [0.05, 0.1) is 24.1 Å². The average Bonchev–Trinajstić information content (AvgIpc) is 3.14. The summed E-state index contributed by atoms with van der Waals surface area (Å²) in [5, 5.41) is 3.31. The number of halogens is 5. The number of hydrogen-bond donors (Lipinski definition) is 0. The lowest BCUT2D eigenvalue weighted by molar-refractivity contribution is -0.144. The molecule has 0 aliphatic carbocycles. The predicted molar refractivity (Wildman–Crippen MR) is 98.6 cm³/mol. The van der Waals surface area contributed by atoms with Crippen molar-refractivity contribution >= 4 is 27.9 Å². The highest BCUT2D eigenvalue weighted by atomic mass is 35.5. The molecular formula is C17H10ClF4N5OS. The van der Waals surface area contributed by atoms with E-state index in [9.17, 15) is 22.4 Å². The molecule has 0 amide bonds. The van der Waals surface area contributed by atoms with Crippen molar-refractivity contribution in [2.24, 2.45) is 0 Å². The quantitative estimate of drug-likeness (QED) is 0.445. The zero-order valence-electron chi connectivity index (χ0n) is 14.5. The first-order valence-corrected chi connectivity index (χ1v) is 9.26. The van der Waals surface area contributed by atoms with Crippen molar-refractivity contribution in [2.75, 3.05) is 0 Å². The van der Waals surface area contributed by atoms with Crippen LogP contribution in [0, 0.1) is 12.7 Å². The van der Waals surface area contributed by atoms with Gasteiger partial charge in [0.2, 0.25) is 0 Å².